The molecule has 35 heavy (non-hydrogen) atoms. The first-order valence-electron chi connectivity index (χ1n) is 11.4. The molecule has 0 aliphatic heterocycles. The molecule has 1 aromatic heterocycles. The Kier molecular flexibility index (Phi) is 7.18. The van der Waals surface area contributed by atoms with E-state index in [1.165, 1.54) is 37.5 Å². The van der Waals surface area contributed by atoms with Gasteiger partial charge < -0.3 is 28.8 Å². The summed E-state index contributed by atoms with van der Waals surface area (Å²) in [4.78, 5) is 18.6. The topological polar surface area (TPSA) is 105 Å². The van der Waals surface area contributed by atoms with Crippen LogP contribution in [0.5, 0.6) is 28.9 Å². The number of nitrogens with two attached hydrogens (primary N) is 1. The number of hydrogen-bond donors (Lipinski definition) is 3. The van der Waals surface area contributed by atoms with Crippen LogP contribution >= 0.6 is 12.6 Å². The fourth-order valence-corrected chi connectivity index (χ4v) is 5.08. The van der Waals surface area contributed by atoms with Crippen LogP contribution in [0.2, 0.25) is 0 Å². The van der Waals surface area contributed by atoms with Crippen molar-refractivity contribution in [2.75, 3.05) is 19.5 Å². The lowest BCUT2D eigenvalue weighted by atomic mass is 9.77. The highest BCUT2D eigenvalue weighted by atomic mass is 32.1. The largest absolute Gasteiger partial charge is 0.496 e. The minimum absolute atomic E-state index is 0.0409. The molecule has 1 aliphatic rings. The number of ether oxygens (including phenoxy) is 3. The van der Waals surface area contributed by atoms with Gasteiger partial charge in [0.2, 0.25) is 0 Å². The van der Waals surface area contributed by atoms with Crippen molar-refractivity contribution >= 4 is 24.2 Å². The summed E-state index contributed by atoms with van der Waals surface area (Å²) in [5.74, 6) is 7.53. The van der Waals surface area contributed by atoms with Crippen LogP contribution in [0, 0.1) is 6.92 Å². The molecule has 1 amide bonds. The predicted molar refractivity (Wildman–Crippen MR) is 136 cm³/mol. The van der Waals surface area contributed by atoms with Gasteiger partial charge in [-0.1, -0.05) is 19.9 Å². The minimum atomic E-state index is -0.530. The number of thiol groups is 1. The lowest BCUT2D eigenvalue weighted by molar-refractivity contribution is 0.0990. The van der Waals surface area contributed by atoms with Crippen molar-refractivity contribution in [1.29, 1.82) is 0 Å². The van der Waals surface area contributed by atoms with E-state index in [4.69, 9.17) is 42.0 Å². The van der Waals surface area contributed by atoms with Crippen molar-refractivity contribution in [3.8, 4) is 28.9 Å². The molecule has 2 aromatic carbocycles. The summed E-state index contributed by atoms with van der Waals surface area (Å²) >= 11 is 4.83. The van der Waals surface area contributed by atoms with E-state index in [9.17, 15) is 4.79 Å². The van der Waals surface area contributed by atoms with E-state index in [2.05, 4.69) is 25.2 Å². The second kappa shape index (κ2) is 10.1. The van der Waals surface area contributed by atoms with E-state index in [-0.39, 0.29) is 23.1 Å². The van der Waals surface area contributed by atoms with E-state index >= 15 is 0 Å². The summed E-state index contributed by atoms with van der Waals surface area (Å²) in [7, 11) is 2.96. The van der Waals surface area contributed by atoms with Gasteiger partial charge in [-0.25, -0.2) is 0 Å². The number of anilines is 1. The third-order valence-corrected chi connectivity index (χ3v) is 6.88. The monoisotopic (exact) mass is 498 g/mol. The lowest BCUT2D eigenvalue weighted by Crippen LogP contribution is -2.14. The van der Waals surface area contributed by atoms with Gasteiger partial charge >= 0.3 is 0 Å². The van der Waals surface area contributed by atoms with Crippen LogP contribution < -0.4 is 30.3 Å². The Balaban J connectivity index is 1.58. The SMILES string of the molecule is COc1cc(OC)c(NC(=O)c2ccc(Oc3c(C)cc4c(c3S)C(C)CCC4C)o2)c(ON)c1. The fraction of sp³-hybridized carbons (Fsp3) is 0.346. The second-order valence-electron chi connectivity index (χ2n) is 8.75. The standard InChI is InChI=1S/C26H30N2O6S/c1-13-6-7-14(2)22-17(13)10-15(3)24(25(22)35)33-21-9-8-18(32-21)26(29)28-23-19(31-5)11-16(30-4)12-20(23)34-27/h8-14,35H,6-7,27H2,1-5H3,(H,28,29). The van der Waals surface area contributed by atoms with Crippen LogP contribution in [-0.4, -0.2) is 20.1 Å². The van der Waals surface area contributed by atoms with Crippen molar-refractivity contribution in [2.45, 2.75) is 50.3 Å². The summed E-state index contributed by atoms with van der Waals surface area (Å²) in [6, 6.07) is 8.43. The van der Waals surface area contributed by atoms with Crippen LogP contribution in [0.1, 0.15) is 65.8 Å². The Morgan fingerprint density at radius 3 is 2.49 bits per heavy atom. The summed E-state index contributed by atoms with van der Waals surface area (Å²) in [6.07, 6.45) is 2.27. The molecule has 9 heteroatoms. The Morgan fingerprint density at radius 1 is 1.09 bits per heavy atom. The van der Waals surface area contributed by atoms with Crippen LogP contribution in [0.25, 0.3) is 0 Å². The number of hydrogen-bond acceptors (Lipinski definition) is 8. The van der Waals surface area contributed by atoms with Gasteiger partial charge in [0.05, 0.1) is 19.1 Å². The third-order valence-electron chi connectivity index (χ3n) is 6.44. The van der Waals surface area contributed by atoms with Crippen molar-refractivity contribution in [3.05, 3.63) is 52.8 Å². The molecular formula is C26H30N2O6S. The predicted octanol–water partition coefficient (Wildman–Crippen LogP) is 6.19. The van der Waals surface area contributed by atoms with Crippen molar-refractivity contribution < 1.29 is 28.3 Å². The zero-order valence-corrected chi connectivity index (χ0v) is 21.3. The number of fused-ring (bicyclic) bond motifs is 1. The van der Waals surface area contributed by atoms with Gasteiger partial charge in [-0.15, -0.1) is 12.6 Å². The number of benzene rings is 2. The van der Waals surface area contributed by atoms with Crippen molar-refractivity contribution in [2.24, 2.45) is 5.90 Å². The number of rotatable bonds is 7. The average molecular weight is 499 g/mol. The number of carbonyl (C=O) groups excluding carboxylic acids is 1. The molecule has 0 saturated heterocycles. The second-order valence-corrected chi connectivity index (χ2v) is 9.20. The number of aryl methyl sites for hydroxylation is 1. The van der Waals surface area contributed by atoms with Crippen LogP contribution in [0.15, 0.2) is 39.6 Å². The van der Waals surface area contributed by atoms with Gasteiger partial charge in [0.15, 0.2) is 11.5 Å². The summed E-state index contributed by atoms with van der Waals surface area (Å²) in [6.45, 7) is 6.45. The normalized spacial score (nSPS) is 16.9. The number of nitrogens with one attached hydrogen (secondary N) is 1. The number of amides is 1. The van der Waals surface area contributed by atoms with Gasteiger partial charge in [-0.3, -0.25) is 4.79 Å². The molecule has 1 heterocycles. The molecule has 0 bridgehead atoms. The van der Waals surface area contributed by atoms with Gasteiger partial charge in [0.1, 0.15) is 22.9 Å². The first-order valence-corrected chi connectivity index (χ1v) is 11.8. The molecular weight excluding hydrogens is 468 g/mol. The Morgan fingerprint density at radius 2 is 1.80 bits per heavy atom. The molecule has 4 rings (SSSR count). The Bertz CT molecular complexity index is 1230. The molecule has 0 saturated carbocycles. The van der Waals surface area contributed by atoms with E-state index in [0.717, 1.165) is 23.3 Å². The van der Waals surface area contributed by atoms with Crippen molar-refractivity contribution in [1.82, 2.24) is 0 Å². The Hall–Kier alpha value is -3.30. The molecule has 0 spiro atoms. The summed E-state index contributed by atoms with van der Waals surface area (Å²) < 4.78 is 22.3. The number of furan rings is 1. The van der Waals surface area contributed by atoms with Gasteiger partial charge in [-0.05, 0) is 54.4 Å². The quantitative estimate of drug-likeness (QED) is 0.263. The van der Waals surface area contributed by atoms with Crippen LogP contribution in [0.4, 0.5) is 5.69 Å². The fourth-order valence-electron chi connectivity index (χ4n) is 4.51. The molecule has 186 valence electrons. The molecule has 8 nitrogen and oxygen atoms in total. The summed E-state index contributed by atoms with van der Waals surface area (Å²) in [5, 5.41) is 2.71. The molecule has 3 aromatic rings. The van der Waals surface area contributed by atoms with Crippen LogP contribution in [0.3, 0.4) is 0 Å². The molecule has 2 atom stereocenters. The van der Waals surface area contributed by atoms with Gasteiger partial charge in [0, 0.05) is 18.2 Å². The minimum Gasteiger partial charge on any atom is -0.496 e. The van der Waals surface area contributed by atoms with Crippen molar-refractivity contribution in [3.63, 3.8) is 0 Å². The van der Waals surface area contributed by atoms with Gasteiger partial charge in [-0.2, -0.15) is 5.90 Å². The first kappa shape index (κ1) is 24.8. The third kappa shape index (κ3) is 4.78. The van der Waals surface area contributed by atoms with E-state index in [1.54, 1.807) is 12.1 Å². The van der Waals surface area contributed by atoms with Crippen LogP contribution in [-0.2, 0) is 0 Å². The van der Waals surface area contributed by atoms with Gasteiger partial charge in [0.25, 0.3) is 11.9 Å². The zero-order chi connectivity index (χ0) is 25.3. The number of methoxy groups -OCH3 is 2. The maximum absolute atomic E-state index is 12.9. The van der Waals surface area contributed by atoms with E-state index < -0.39 is 5.91 Å². The molecule has 0 radical (unpaired) electrons. The Labute approximate surface area is 210 Å². The highest BCUT2D eigenvalue weighted by molar-refractivity contribution is 7.80. The van der Waals surface area contributed by atoms with E-state index in [1.807, 2.05) is 6.92 Å². The smallest absolute Gasteiger partial charge is 0.291 e. The highest BCUT2D eigenvalue weighted by Crippen LogP contribution is 2.47. The lowest BCUT2D eigenvalue weighted by Gasteiger charge is -2.30. The first-order chi connectivity index (χ1) is 16.8. The molecule has 3 N–H and O–H groups in total. The molecule has 0 fully saturated rings. The summed E-state index contributed by atoms with van der Waals surface area (Å²) in [5.41, 5.74) is 3.75. The average Bonchev–Trinajstić information content (AvgIpc) is 3.32. The maximum atomic E-state index is 12.9. The zero-order valence-electron chi connectivity index (χ0n) is 20.4. The highest BCUT2D eigenvalue weighted by Gasteiger charge is 2.27. The van der Waals surface area contributed by atoms with E-state index in [0.29, 0.717) is 29.1 Å². The number of carbonyl (C=O) groups is 1. The molecule has 2 unspecified atom stereocenters. The maximum Gasteiger partial charge on any atom is 0.291 e. The molecule has 1 aliphatic carbocycles.